The molecule has 1 aliphatic carbocycles. The number of ether oxygens (including phenoxy) is 3. The zero-order valence-electron chi connectivity index (χ0n) is 21.2. The van der Waals surface area contributed by atoms with Crippen LogP contribution >= 0.6 is 11.3 Å². The monoisotopic (exact) mass is 511 g/mol. The predicted octanol–water partition coefficient (Wildman–Crippen LogP) is 6.33. The van der Waals surface area contributed by atoms with Crippen LogP contribution in [0.3, 0.4) is 0 Å². The third-order valence-electron chi connectivity index (χ3n) is 7.49. The van der Waals surface area contributed by atoms with Gasteiger partial charge in [-0.15, -0.1) is 11.3 Å². The van der Waals surface area contributed by atoms with Gasteiger partial charge < -0.3 is 19.1 Å². The van der Waals surface area contributed by atoms with Crippen molar-refractivity contribution < 1.29 is 19.0 Å². The van der Waals surface area contributed by atoms with E-state index in [0.717, 1.165) is 41.0 Å². The molecule has 2 heterocycles. The Hall–Kier alpha value is -3.77. The molecule has 0 N–H and O–H groups in total. The van der Waals surface area contributed by atoms with E-state index in [-0.39, 0.29) is 11.9 Å². The summed E-state index contributed by atoms with van der Waals surface area (Å²) < 4.78 is 16.7. The summed E-state index contributed by atoms with van der Waals surface area (Å²) >= 11 is 1.60. The quantitative estimate of drug-likeness (QED) is 0.314. The number of amides is 1. The van der Waals surface area contributed by atoms with Gasteiger partial charge in [0.05, 0.1) is 32.2 Å². The second-order valence-corrected chi connectivity index (χ2v) is 10.5. The summed E-state index contributed by atoms with van der Waals surface area (Å²) in [7, 11) is 5.00. The molecule has 6 rings (SSSR count). The maximum Gasteiger partial charge on any atom is 0.264 e. The summed E-state index contributed by atoms with van der Waals surface area (Å²) in [4.78, 5) is 18.2. The standard InChI is InChI=1S/C31H29NO4S/c1-34-23-12-11-19-9-10-22-16-28(37-30(22)25(19)17-23)31(33)32-14-13-21-15-26(35-2)27(36-3)18-24(21)29(32)20-7-5-4-6-8-20/h4-8,11-12,15-18,29H,9-10,13-14H2,1-3H3. The number of methoxy groups -OCH3 is 3. The lowest BCUT2D eigenvalue weighted by Crippen LogP contribution is -2.40. The van der Waals surface area contributed by atoms with Gasteiger partial charge in [0, 0.05) is 11.4 Å². The fourth-order valence-corrected chi connectivity index (χ4v) is 6.85. The van der Waals surface area contributed by atoms with Gasteiger partial charge in [0.15, 0.2) is 11.5 Å². The van der Waals surface area contributed by atoms with E-state index in [9.17, 15) is 4.79 Å². The Balaban J connectivity index is 1.42. The van der Waals surface area contributed by atoms with Crippen molar-refractivity contribution in [3.63, 3.8) is 0 Å². The molecule has 5 nitrogen and oxygen atoms in total. The lowest BCUT2D eigenvalue weighted by molar-refractivity contribution is 0.0699. The molecule has 0 radical (unpaired) electrons. The number of hydrogen-bond acceptors (Lipinski definition) is 5. The van der Waals surface area contributed by atoms with Crippen LogP contribution < -0.4 is 14.2 Å². The molecule has 4 aromatic rings. The second-order valence-electron chi connectivity index (χ2n) is 9.46. The van der Waals surface area contributed by atoms with E-state index >= 15 is 0 Å². The van der Waals surface area contributed by atoms with Crippen molar-refractivity contribution in [2.24, 2.45) is 0 Å². The summed E-state index contributed by atoms with van der Waals surface area (Å²) in [5.74, 6) is 2.30. The van der Waals surface area contributed by atoms with Crippen molar-refractivity contribution in [3.8, 4) is 27.7 Å². The van der Waals surface area contributed by atoms with Crippen molar-refractivity contribution in [2.75, 3.05) is 27.9 Å². The van der Waals surface area contributed by atoms with Crippen LogP contribution in [0.1, 0.15) is 43.5 Å². The topological polar surface area (TPSA) is 48.0 Å². The Morgan fingerprint density at radius 1 is 0.811 bits per heavy atom. The van der Waals surface area contributed by atoms with E-state index in [1.165, 1.54) is 27.1 Å². The fraction of sp³-hybridized carbons (Fsp3) is 0.258. The van der Waals surface area contributed by atoms with E-state index in [1.54, 1.807) is 32.7 Å². The van der Waals surface area contributed by atoms with Gasteiger partial charge >= 0.3 is 0 Å². The highest BCUT2D eigenvalue weighted by molar-refractivity contribution is 7.17. The summed E-state index contributed by atoms with van der Waals surface area (Å²) in [6, 6.07) is 22.5. The number of thiophene rings is 1. The number of hydrogen-bond donors (Lipinski definition) is 0. The summed E-state index contributed by atoms with van der Waals surface area (Å²) in [5, 5.41) is 0. The van der Waals surface area contributed by atoms with Gasteiger partial charge in [0.2, 0.25) is 0 Å². The van der Waals surface area contributed by atoms with Crippen LogP contribution in [0.15, 0.2) is 66.7 Å². The van der Waals surface area contributed by atoms with Gasteiger partial charge in [0.1, 0.15) is 5.75 Å². The van der Waals surface area contributed by atoms with Crippen LogP contribution in [0, 0.1) is 0 Å². The lowest BCUT2D eigenvalue weighted by atomic mass is 9.87. The third-order valence-corrected chi connectivity index (χ3v) is 8.69. The van der Waals surface area contributed by atoms with Gasteiger partial charge in [-0.2, -0.15) is 0 Å². The molecule has 188 valence electrons. The maximum absolute atomic E-state index is 14.2. The molecule has 1 atom stereocenters. The number of nitrogens with zero attached hydrogens (tertiary/aromatic N) is 1. The predicted molar refractivity (Wildman–Crippen MR) is 146 cm³/mol. The van der Waals surface area contributed by atoms with Crippen LogP contribution in [0.2, 0.25) is 0 Å². The Morgan fingerprint density at radius 2 is 1.57 bits per heavy atom. The van der Waals surface area contributed by atoms with Gasteiger partial charge in [-0.25, -0.2) is 0 Å². The van der Waals surface area contributed by atoms with Crippen LogP contribution in [0.25, 0.3) is 10.4 Å². The molecule has 0 saturated heterocycles. The fourth-order valence-electron chi connectivity index (χ4n) is 5.63. The number of benzene rings is 3. The summed E-state index contributed by atoms with van der Waals surface area (Å²) in [6.45, 7) is 0.633. The molecule has 0 bridgehead atoms. The van der Waals surface area contributed by atoms with Crippen molar-refractivity contribution in [1.82, 2.24) is 4.90 Å². The Labute approximate surface area is 221 Å². The Kier molecular flexibility index (Phi) is 6.13. The zero-order chi connectivity index (χ0) is 25.5. The first-order valence-corrected chi connectivity index (χ1v) is 13.3. The van der Waals surface area contributed by atoms with E-state index in [1.807, 2.05) is 35.2 Å². The molecule has 6 heteroatoms. The zero-order valence-corrected chi connectivity index (χ0v) is 22.1. The lowest BCUT2D eigenvalue weighted by Gasteiger charge is -2.38. The molecular weight excluding hydrogens is 482 g/mol. The summed E-state index contributed by atoms with van der Waals surface area (Å²) in [6.07, 6.45) is 2.68. The molecule has 1 aliphatic heterocycles. The maximum atomic E-state index is 14.2. The molecule has 1 unspecified atom stereocenters. The highest BCUT2D eigenvalue weighted by atomic mass is 32.1. The largest absolute Gasteiger partial charge is 0.497 e. The summed E-state index contributed by atoms with van der Waals surface area (Å²) in [5.41, 5.74) is 7.09. The van der Waals surface area contributed by atoms with Gasteiger partial charge in [-0.1, -0.05) is 36.4 Å². The van der Waals surface area contributed by atoms with Gasteiger partial charge in [-0.05, 0) is 83.0 Å². The van der Waals surface area contributed by atoms with E-state index < -0.39 is 0 Å². The number of rotatable bonds is 5. The average Bonchev–Trinajstić information content (AvgIpc) is 3.40. The normalized spacial score (nSPS) is 15.9. The molecule has 0 saturated carbocycles. The van der Waals surface area contributed by atoms with Crippen molar-refractivity contribution in [1.29, 1.82) is 0 Å². The average molecular weight is 512 g/mol. The molecule has 2 aliphatic rings. The van der Waals surface area contributed by atoms with E-state index in [0.29, 0.717) is 18.0 Å². The first-order chi connectivity index (χ1) is 18.1. The van der Waals surface area contributed by atoms with Crippen LogP contribution in [-0.4, -0.2) is 38.7 Å². The smallest absolute Gasteiger partial charge is 0.264 e. The van der Waals surface area contributed by atoms with Gasteiger partial charge in [-0.3, -0.25) is 4.79 Å². The van der Waals surface area contributed by atoms with Crippen molar-refractivity contribution in [2.45, 2.75) is 25.3 Å². The highest BCUT2D eigenvalue weighted by Gasteiger charge is 2.35. The van der Waals surface area contributed by atoms with Crippen LogP contribution in [0.4, 0.5) is 0 Å². The molecule has 1 aromatic heterocycles. The number of aryl methyl sites for hydroxylation is 2. The minimum atomic E-state index is -0.205. The number of fused-ring (bicyclic) bond motifs is 4. The van der Waals surface area contributed by atoms with Crippen molar-refractivity contribution in [3.05, 3.63) is 99.4 Å². The molecule has 37 heavy (non-hydrogen) atoms. The first-order valence-electron chi connectivity index (χ1n) is 12.5. The number of carbonyl (C=O) groups is 1. The van der Waals surface area contributed by atoms with Crippen LogP contribution in [0.5, 0.6) is 17.2 Å². The second kappa shape index (κ2) is 9.60. The minimum absolute atomic E-state index is 0.0677. The minimum Gasteiger partial charge on any atom is -0.497 e. The molecule has 0 spiro atoms. The van der Waals surface area contributed by atoms with Crippen LogP contribution in [-0.2, 0) is 19.3 Å². The molecular formula is C31H29NO4S. The molecule has 3 aromatic carbocycles. The van der Waals surface area contributed by atoms with E-state index in [2.05, 4.69) is 36.4 Å². The molecule has 1 amide bonds. The van der Waals surface area contributed by atoms with E-state index in [4.69, 9.17) is 14.2 Å². The number of carbonyl (C=O) groups excluding carboxylic acids is 1. The SMILES string of the molecule is COc1ccc2c(c1)-c1sc(C(=O)N3CCc4cc(OC)c(OC)cc4C3c3ccccc3)cc1CC2. The Morgan fingerprint density at radius 3 is 2.32 bits per heavy atom. The van der Waals surface area contributed by atoms with Crippen molar-refractivity contribution >= 4 is 17.2 Å². The highest BCUT2D eigenvalue weighted by Crippen LogP contribution is 2.44. The van der Waals surface area contributed by atoms with Gasteiger partial charge in [0.25, 0.3) is 5.91 Å². The Bertz CT molecular complexity index is 1480. The first kappa shape index (κ1) is 23.6. The molecule has 0 fully saturated rings. The third kappa shape index (κ3) is 4.05.